The summed E-state index contributed by atoms with van der Waals surface area (Å²) in [5, 5.41) is 3.56. The molecule has 4 bridgehead atoms. The highest BCUT2D eigenvalue weighted by molar-refractivity contribution is 6.33. The molecule has 112 valence electrons. The first-order chi connectivity index (χ1) is 10.1. The lowest BCUT2D eigenvalue weighted by Crippen LogP contribution is -2.49. The fourth-order valence-corrected chi connectivity index (χ4v) is 5.36. The second kappa shape index (κ2) is 4.91. The number of amides is 1. The molecule has 4 saturated carbocycles. The van der Waals surface area contributed by atoms with Crippen LogP contribution in [0.25, 0.3) is 0 Å². The zero-order valence-corrected chi connectivity index (χ0v) is 12.8. The smallest absolute Gasteiger partial charge is 0.228 e. The molecule has 0 heterocycles. The Morgan fingerprint density at radius 3 is 2.29 bits per heavy atom. The summed E-state index contributed by atoms with van der Waals surface area (Å²) in [6.07, 6.45) is 6.44. The van der Waals surface area contributed by atoms with Gasteiger partial charge in [0.05, 0.1) is 10.7 Å². The van der Waals surface area contributed by atoms with Crippen molar-refractivity contribution in [3.05, 3.63) is 23.2 Å². The molecule has 3 N–H and O–H groups in total. The van der Waals surface area contributed by atoms with E-state index in [4.69, 9.17) is 17.3 Å². The Balaban J connectivity index is 1.51. The van der Waals surface area contributed by atoms with Crippen LogP contribution in [0.1, 0.15) is 32.1 Å². The second-order valence-corrected chi connectivity index (χ2v) is 7.59. The maximum atomic E-state index is 12.7. The van der Waals surface area contributed by atoms with E-state index in [9.17, 15) is 4.79 Å². The molecule has 0 atom stereocenters. The molecule has 0 saturated heterocycles. The van der Waals surface area contributed by atoms with Crippen molar-refractivity contribution < 1.29 is 4.79 Å². The lowest BCUT2D eigenvalue weighted by atomic mass is 9.51. The Hall–Kier alpha value is -1.22. The fourth-order valence-electron chi connectivity index (χ4n) is 5.18. The Bertz CT molecular complexity index is 558. The lowest BCUT2D eigenvalue weighted by molar-refractivity contribution is -0.132. The molecule has 5 rings (SSSR count). The molecular weight excluding hydrogens is 284 g/mol. The number of carbonyl (C=O) groups excluding carboxylic acids is 1. The summed E-state index contributed by atoms with van der Waals surface area (Å²) in [7, 11) is 0. The molecule has 21 heavy (non-hydrogen) atoms. The zero-order chi connectivity index (χ0) is 14.6. The van der Waals surface area contributed by atoms with Gasteiger partial charge in [0.2, 0.25) is 5.91 Å². The van der Waals surface area contributed by atoms with Crippen LogP contribution < -0.4 is 11.1 Å². The molecule has 0 aliphatic heterocycles. The van der Waals surface area contributed by atoms with Crippen LogP contribution in [-0.4, -0.2) is 5.91 Å². The predicted octanol–water partition coefficient (Wildman–Crippen LogP) is 3.93. The average molecular weight is 305 g/mol. The van der Waals surface area contributed by atoms with Crippen LogP contribution in [0, 0.1) is 29.6 Å². The Kier molecular flexibility index (Phi) is 3.14. The van der Waals surface area contributed by atoms with Crippen LogP contribution in [0.3, 0.4) is 0 Å². The lowest BCUT2D eigenvalue weighted by Gasteiger charge is -2.53. The van der Waals surface area contributed by atoms with Gasteiger partial charge in [-0.1, -0.05) is 11.6 Å². The Labute approximate surface area is 130 Å². The quantitative estimate of drug-likeness (QED) is 0.813. The Morgan fingerprint density at radius 2 is 1.71 bits per heavy atom. The third-order valence-corrected chi connectivity index (χ3v) is 6.12. The van der Waals surface area contributed by atoms with Gasteiger partial charge in [0.1, 0.15) is 0 Å². The first-order valence-electron chi connectivity index (χ1n) is 7.96. The topological polar surface area (TPSA) is 55.1 Å². The summed E-state index contributed by atoms with van der Waals surface area (Å²) in [6.45, 7) is 0. The number of hydrogen-bond acceptors (Lipinski definition) is 2. The normalized spacial score (nSPS) is 36.7. The highest BCUT2D eigenvalue weighted by Crippen LogP contribution is 2.56. The minimum absolute atomic E-state index is 0.185. The standard InChI is InChI=1S/C17H21ClN2O/c18-14-8-13(1-2-15(14)19)20-17(21)16-11-4-9-3-10(6-11)7-12(16)5-9/h1-2,8-12,16H,3-7,19H2,(H,20,21). The van der Waals surface area contributed by atoms with Gasteiger partial charge in [-0.3, -0.25) is 4.79 Å². The second-order valence-electron chi connectivity index (χ2n) is 7.18. The molecule has 1 aromatic rings. The minimum atomic E-state index is 0.185. The molecule has 1 amide bonds. The number of halogens is 1. The monoisotopic (exact) mass is 304 g/mol. The van der Waals surface area contributed by atoms with E-state index in [1.54, 1.807) is 12.1 Å². The molecule has 1 aromatic carbocycles. The summed E-state index contributed by atoms with van der Waals surface area (Å²) in [6, 6.07) is 5.31. The van der Waals surface area contributed by atoms with Crippen LogP contribution in [0.15, 0.2) is 18.2 Å². The number of nitrogens with two attached hydrogens (primary N) is 1. The van der Waals surface area contributed by atoms with E-state index in [0.29, 0.717) is 22.5 Å². The zero-order valence-electron chi connectivity index (χ0n) is 12.0. The molecule has 4 aliphatic carbocycles. The van der Waals surface area contributed by atoms with Crippen molar-refractivity contribution in [1.29, 1.82) is 0 Å². The maximum Gasteiger partial charge on any atom is 0.228 e. The molecule has 0 aromatic heterocycles. The first-order valence-corrected chi connectivity index (χ1v) is 8.34. The summed E-state index contributed by atoms with van der Waals surface area (Å²) in [5.41, 5.74) is 7.02. The first kappa shape index (κ1) is 13.4. The molecular formula is C17H21ClN2O. The SMILES string of the molecule is Nc1ccc(NC(=O)C2C3CC4CC(C3)CC2C4)cc1Cl. The number of hydrogen-bond donors (Lipinski definition) is 2. The van der Waals surface area contributed by atoms with Gasteiger partial charge in [0.25, 0.3) is 0 Å². The van der Waals surface area contributed by atoms with Crippen LogP contribution in [0.5, 0.6) is 0 Å². The molecule has 0 radical (unpaired) electrons. The van der Waals surface area contributed by atoms with Crippen molar-refractivity contribution >= 4 is 28.9 Å². The number of nitrogen functional groups attached to an aromatic ring is 1. The van der Waals surface area contributed by atoms with Crippen molar-refractivity contribution in [3.63, 3.8) is 0 Å². The molecule has 0 unspecified atom stereocenters. The van der Waals surface area contributed by atoms with Crippen molar-refractivity contribution in [2.24, 2.45) is 29.6 Å². The molecule has 4 fully saturated rings. The predicted molar refractivity (Wildman–Crippen MR) is 85.0 cm³/mol. The number of carbonyl (C=O) groups is 1. The van der Waals surface area contributed by atoms with Crippen LogP contribution in [-0.2, 0) is 4.79 Å². The fraction of sp³-hybridized carbons (Fsp3) is 0.588. The number of anilines is 2. The summed E-state index contributed by atoms with van der Waals surface area (Å²) < 4.78 is 0. The highest BCUT2D eigenvalue weighted by Gasteiger charge is 2.50. The maximum absolute atomic E-state index is 12.7. The van der Waals surface area contributed by atoms with Gasteiger partial charge in [-0.25, -0.2) is 0 Å². The van der Waals surface area contributed by atoms with Crippen LogP contribution in [0.2, 0.25) is 5.02 Å². The summed E-state index contributed by atoms with van der Waals surface area (Å²) in [4.78, 5) is 12.7. The molecule has 4 heteroatoms. The Morgan fingerprint density at radius 1 is 1.10 bits per heavy atom. The van der Waals surface area contributed by atoms with Gasteiger partial charge in [0.15, 0.2) is 0 Å². The van der Waals surface area contributed by atoms with Gasteiger partial charge in [-0.05, 0) is 74.0 Å². The van der Waals surface area contributed by atoms with Crippen molar-refractivity contribution in [2.75, 3.05) is 11.1 Å². The van der Waals surface area contributed by atoms with Gasteiger partial charge >= 0.3 is 0 Å². The minimum Gasteiger partial charge on any atom is -0.398 e. The largest absolute Gasteiger partial charge is 0.398 e. The molecule has 4 aliphatic rings. The van der Waals surface area contributed by atoms with Crippen molar-refractivity contribution in [1.82, 2.24) is 0 Å². The van der Waals surface area contributed by atoms with Gasteiger partial charge < -0.3 is 11.1 Å². The van der Waals surface area contributed by atoms with Crippen molar-refractivity contribution in [3.8, 4) is 0 Å². The molecule has 0 spiro atoms. The van der Waals surface area contributed by atoms with E-state index in [2.05, 4.69) is 5.32 Å². The van der Waals surface area contributed by atoms with Crippen LogP contribution in [0.4, 0.5) is 11.4 Å². The van der Waals surface area contributed by atoms with Crippen LogP contribution >= 0.6 is 11.6 Å². The number of benzene rings is 1. The summed E-state index contributed by atoms with van der Waals surface area (Å²) >= 11 is 6.03. The number of rotatable bonds is 2. The third kappa shape index (κ3) is 2.32. The average Bonchev–Trinajstić information content (AvgIpc) is 2.41. The molecule has 3 nitrogen and oxygen atoms in total. The van der Waals surface area contributed by atoms with Crippen molar-refractivity contribution in [2.45, 2.75) is 32.1 Å². The van der Waals surface area contributed by atoms with Gasteiger partial charge in [-0.15, -0.1) is 0 Å². The summed E-state index contributed by atoms with van der Waals surface area (Å²) in [5.74, 6) is 3.37. The van der Waals surface area contributed by atoms with E-state index in [-0.39, 0.29) is 11.8 Å². The van der Waals surface area contributed by atoms with E-state index < -0.39 is 0 Å². The van der Waals surface area contributed by atoms with E-state index >= 15 is 0 Å². The number of nitrogens with one attached hydrogen (secondary N) is 1. The van der Waals surface area contributed by atoms with Gasteiger partial charge in [0, 0.05) is 11.6 Å². The van der Waals surface area contributed by atoms with E-state index in [0.717, 1.165) is 17.5 Å². The van der Waals surface area contributed by atoms with Gasteiger partial charge in [-0.2, -0.15) is 0 Å². The third-order valence-electron chi connectivity index (χ3n) is 5.80. The van der Waals surface area contributed by atoms with E-state index in [1.807, 2.05) is 6.07 Å². The highest BCUT2D eigenvalue weighted by atomic mass is 35.5. The van der Waals surface area contributed by atoms with E-state index in [1.165, 1.54) is 32.1 Å².